The number of hydrogen-bond acceptors (Lipinski definition) is 3. The molecule has 1 amide bonds. The number of quaternary nitrogens is 1. The number of rotatable bonds is 4. The average Bonchev–Trinajstić information content (AvgIpc) is 2.95. The molecule has 5 heteroatoms. The quantitative estimate of drug-likeness (QED) is 0.926. The normalized spacial score (nSPS) is 23.9. The summed E-state index contributed by atoms with van der Waals surface area (Å²) in [6.07, 6.45) is 1.33. The van der Waals surface area contributed by atoms with Crippen LogP contribution in [0.4, 0.5) is 10.8 Å². The van der Waals surface area contributed by atoms with E-state index in [1.165, 1.54) is 19.5 Å². The Morgan fingerprint density at radius 1 is 1.25 bits per heavy atom. The Bertz CT molecular complexity index is 675. The molecule has 1 saturated heterocycles. The molecule has 0 saturated carbocycles. The van der Waals surface area contributed by atoms with Crippen LogP contribution < -0.4 is 9.80 Å². The fraction of sp³-hybridized carbons (Fsp3) is 0.474. The zero-order chi connectivity index (χ0) is 17.1. The average molecular weight is 345 g/mol. The molecule has 2 heterocycles. The molecule has 1 N–H and O–H groups in total. The smallest absolute Gasteiger partial charge is 0.230 e. The van der Waals surface area contributed by atoms with Gasteiger partial charge in [0.15, 0.2) is 5.13 Å². The van der Waals surface area contributed by atoms with Crippen LogP contribution in [0, 0.1) is 11.8 Å². The number of aromatic nitrogens is 1. The highest BCUT2D eigenvalue weighted by Gasteiger charge is 2.26. The summed E-state index contributed by atoms with van der Waals surface area (Å²) >= 11 is 1.55. The number of thiazole rings is 1. The van der Waals surface area contributed by atoms with Crippen LogP contribution >= 0.6 is 11.3 Å². The van der Waals surface area contributed by atoms with Gasteiger partial charge in [-0.2, -0.15) is 0 Å². The van der Waals surface area contributed by atoms with Crippen molar-refractivity contribution in [3.05, 3.63) is 41.4 Å². The van der Waals surface area contributed by atoms with Crippen molar-refractivity contribution in [2.75, 3.05) is 18.0 Å². The maximum Gasteiger partial charge on any atom is 0.230 e. The Balaban J connectivity index is 1.75. The topological polar surface area (TPSA) is 37.6 Å². The lowest BCUT2D eigenvalue weighted by molar-refractivity contribution is -0.925. The number of piperidine rings is 1. The molecule has 0 radical (unpaired) electrons. The second kappa shape index (κ2) is 7.45. The molecular formula is C19H26N3OS+. The SMILES string of the molecule is CC(=O)N(c1ccccc1)c1nc(C[NH+]2C[C@H](C)C[C@@H](C)C2)cs1. The summed E-state index contributed by atoms with van der Waals surface area (Å²) in [6.45, 7) is 9.65. The van der Waals surface area contributed by atoms with Crippen LogP contribution in [0.1, 0.15) is 32.9 Å². The largest absolute Gasteiger partial charge is 0.329 e. The molecule has 3 rings (SSSR count). The van der Waals surface area contributed by atoms with E-state index in [0.717, 1.165) is 34.9 Å². The predicted molar refractivity (Wildman–Crippen MR) is 98.7 cm³/mol. The third kappa shape index (κ3) is 4.02. The van der Waals surface area contributed by atoms with Gasteiger partial charge in [-0.25, -0.2) is 4.98 Å². The summed E-state index contributed by atoms with van der Waals surface area (Å²) in [5.74, 6) is 1.55. The van der Waals surface area contributed by atoms with Crippen molar-refractivity contribution in [1.29, 1.82) is 0 Å². The molecule has 1 aliphatic rings. The molecule has 0 unspecified atom stereocenters. The van der Waals surface area contributed by atoms with Crippen LogP contribution in [0.15, 0.2) is 35.7 Å². The Morgan fingerprint density at radius 3 is 2.54 bits per heavy atom. The summed E-state index contributed by atoms with van der Waals surface area (Å²) in [5.41, 5.74) is 1.96. The van der Waals surface area contributed by atoms with E-state index < -0.39 is 0 Å². The third-order valence-corrected chi connectivity index (χ3v) is 5.44. The fourth-order valence-corrected chi connectivity index (χ4v) is 4.69. The number of carbonyl (C=O) groups is 1. The lowest BCUT2D eigenvalue weighted by atomic mass is 9.92. The summed E-state index contributed by atoms with van der Waals surface area (Å²) in [7, 11) is 0. The molecule has 2 atom stereocenters. The molecule has 128 valence electrons. The van der Waals surface area contributed by atoms with Gasteiger partial charge in [-0.3, -0.25) is 9.69 Å². The van der Waals surface area contributed by atoms with E-state index in [1.54, 1.807) is 28.1 Å². The van der Waals surface area contributed by atoms with Crippen LogP contribution in [0.3, 0.4) is 0 Å². The van der Waals surface area contributed by atoms with Gasteiger partial charge in [-0.15, -0.1) is 11.3 Å². The molecule has 0 aliphatic carbocycles. The highest BCUT2D eigenvalue weighted by Crippen LogP contribution is 2.28. The number of benzene rings is 1. The van der Waals surface area contributed by atoms with Crippen molar-refractivity contribution in [1.82, 2.24) is 4.98 Å². The van der Waals surface area contributed by atoms with Gasteiger partial charge >= 0.3 is 0 Å². The molecule has 0 spiro atoms. The minimum Gasteiger partial charge on any atom is -0.329 e. The Kier molecular flexibility index (Phi) is 5.31. The first kappa shape index (κ1) is 17.1. The summed E-state index contributed by atoms with van der Waals surface area (Å²) < 4.78 is 0. The second-order valence-corrected chi connectivity index (χ2v) is 7.93. The number of nitrogens with one attached hydrogen (secondary N) is 1. The maximum absolute atomic E-state index is 12.1. The summed E-state index contributed by atoms with van der Waals surface area (Å²) in [4.78, 5) is 20.2. The molecule has 1 aromatic carbocycles. The second-order valence-electron chi connectivity index (χ2n) is 7.09. The minimum atomic E-state index is -0.00494. The van der Waals surface area contributed by atoms with Crippen LogP contribution in [-0.4, -0.2) is 24.0 Å². The van der Waals surface area contributed by atoms with Gasteiger partial charge in [0, 0.05) is 24.1 Å². The van der Waals surface area contributed by atoms with Crippen LogP contribution in [0.2, 0.25) is 0 Å². The molecule has 1 aromatic heterocycles. The number of para-hydroxylation sites is 1. The summed E-state index contributed by atoms with van der Waals surface area (Å²) in [5, 5.41) is 2.87. The Morgan fingerprint density at radius 2 is 1.92 bits per heavy atom. The number of likely N-dealkylation sites (tertiary alicyclic amines) is 1. The summed E-state index contributed by atoms with van der Waals surface area (Å²) in [6, 6.07) is 9.74. The van der Waals surface area contributed by atoms with Crippen LogP contribution in [-0.2, 0) is 11.3 Å². The van der Waals surface area contributed by atoms with Crippen molar-refractivity contribution in [3.63, 3.8) is 0 Å². The number of amides is 1. The van der Waals surface area contributed by atoms with E-state index in [0.29, 0.717) is 0 Å². The van der Waals surface area contributed by atoms with E-state index in [1.807, 2.05) is 30.3 Å². The van der Waals surface area contributed by atoms with E-state index in [9.17, 15) is 4.79 Å². The lowest BCUT2D eigenvalue weighted by Gasteiger charge is -2.31. The Labute approximate surface area is 148 Å². The Hall–Kier alpha value is -1.72. The van der Waals surface area contributed by atoms with E-state index >= 15 is 0 Å². The first-order valence-corrected chi connectivity index (χ1v) is 9.54. The van der Waals surface area contributed by atoms with Crippen molar-refractivity contribution >= 4 is 28.1 Å². The minimum absolute atomic E-state index is 0.00494. The van der Waals surface area contributed by atoms with Crippen molar-refractivity contribution < 1.29 is 9.69 Å². The van der Waals surface area contributed by atoms with Gasteiger partial charge < -0.3 is 4.90 Å². The van der Waals surface area contributed by atoms with E-state index in [4.69, 9.17) is 4.98 Å². The molecule has 2 aromatic rings. The number of hydrogen-bond donors (Lipinski definition) is 1. The highest BCUT2D eigenvalue weighted by atomic mass is 32.1. The van der Waals surface area contributed by atoms with Gasteiger partial charge in [0.05, 0.1) is 18.8 Å². The lowest BCUT2D eigenvalue weighted by Crippen LogP contribution is -3.13. The zero-order valence-corrected chi connectivity index (χ0v) is 15.5. The number of nitrogens with zero attached hydrogens (tertiary/aromatic N) is 2. The zero-order valence-electron chi connectivity index (χ0n) is 14.7. The molecule has 4 nitrogen and oxygen atoms in total. The van der Waals surface area contributed by atoms with E-state index in [-0.39, 0.29) is 5.91 Å². The maximum atomic E-state index is 12.1. The van der Waals surface area contributed by atoms with Crippen LogP contribution in [0.5, 0.6) is 0 Å². The first-order valence-electron chi connectivity index (χ1n) is 8.66. The van der Waals surface area contributed by atoms with Gasteiger partial charge in [-0.05, 0) is 18.6 Å². The van der Waals surface area contributed by atoms with E-state index in [2.05, 4.69) is 19.2 Å². The molecule has 1 aliphatic heterocycles. The molecule has 24 heavy (non-hydrogen) atoms. The van der Waals surface area contributed by atoms with Gasteiger partial charge in [0.2, 0.25) is 5.91 Å². The predicted octanol–water partition coefficient (Wildman–Crippen LogP) is 2.89. The standard InChI is InChI=1S/C19H25N3OS/c1-14-9-15(2)11-21(10-14)12-17-13-24-19(20-17)22(16(3)23)18-7-5-4-6-8-18/h4-8,13-15H,9-12H2,1-3H3/p+1/t14-,15-/m1/s1. The fourth-order valence-electron chi connectivity index (χ4n) is 3.81. The van der Waals surface area contributed by atoms with Gasteiger partial charge in [-0.1, -0.05) is 32.0 Å². The van der Waals surface area contributed by atoms with Crippen molar-refractivity contribution in [2.24, 2.45) is 11.8 Å². The molecule has 1 fully saturated rings. The van der Waals surface area contributed by atoms with Gasteiger partial charge in [0.25, 0.3) is 0 Å². The highest BCUT2D eigenvalue weighted by molar-refractivity contribution is 7.14. The number of carbonyl (C=O) groups excluding carboxylic acids is 1. The van der Waals surface area contributed by atoms with Crippen LogP contribution in [0.25, 0.3) is 0 Å². The monoisotopic (exact) mass is 344 g/mol. The third-order valence-electron chi connectivity index (χ3n) is 4.57. The molecule has 0 bridgehead atoms. The van der Waals surface area contributed by atoms with Crippen molar-refractivity contribution in [2.45, 2.75) is 33.7 Å². The molecular weight excluding hydrogens is 318 g/mol. The van der Waals surface area contributed by atoms with Crippen molar-refractivity contribution in [3.8, 4) is 0 Å². The van der Waals surface area contributed by atoms with Gasteiger partial charge in [0.1, 0.15) is 12.2 Å². The number of anilines is 2. The first-order chi connectivity index (χ1) is 11.5.